The number of thiophene rings is 1. The SMILES string of the molecule is COC(=O)c1ccc(N(CC(=O)N2CCc3sccc3C2)S(=O)(=O)c2ccc(C)cc2)cc1. The van der Waals surface area contributed by atoms with Gasteiger partial charge in [0.1, 0.15) is 6.54 Å². The number of fused-ring (bicyclic) bond motifs is 1. The number of amides is 1. The first-order valence-electron chi connectivity index (χ1n) is 10.4. The van der Waals surface area contributed by atoms with Crippen LogP contribution in [0.2, 0.25) is 0 Å². The van der Waals surface area contributed by atoms with Crippen LogP contribution in [-0.2, 0) is 32.5 Å². The fourth-order valence-electron chi connectivity index (χ4n) is 3.72. The molecule has 0 aliphatic carbocycles. The summed E-state index contributed by atoms with van der Waals surface area (Å²) < 4.78 is 32.9. The third-order valence-corrected chi connectivity index (χ3v) is 8.44. The molecule has 0 N–H and O–H groups in total. The summed E-state index contributed by atoms with van der Waals surface area (Å²) in [7, 11) is -2.74. The molecule has 0 spiro atoms. The second-order valence-electron chi connectivity index (χ2n) is 7.80. The van der Waals surface area contributed by atoms with Gasteiger partial charge < -0.3 is 9.64 Å². The number of anilines is 1. The van der Waals surface area contributed by atoms with Crippen molar-refractivity contribution in [3.63, 3.8) is 0 Å². The molecule has 0 fully saturated rings. The summed E-state index contributed by atoms with van der Waals surface area (Å²) in [5.41, 5.74) is 2.62. The smallest absolute Gasteiger partial charge is 0.337 e. The summed E-state index contributed by atoms with van der Waals surface area (Å²) in [4.78, 5) is 28.1. The lowest BCUT2D eigenvalue weighted by Gasteiger charge is -2.30. The van der Waals surface area contributed by atoms with Gasteiger partial charge in [0, 0.05) is 18.0 Å². The van der Waals surface area contributed by atoms with Crippen molar-refractivity contribution >= 4 is 38.9 Å². The standard InChI is InChI=1S/C24H24N2O5S2/c1-17-3-9-21(10-4-17)33(29,30)26(20-7-5-18(6-8-20)24(28)31-2)16-23(27)25-13-11-22-19(15-25)12-14-32-22/h3-10,12,14H,11,13,15-16H2,1-2H3. The molecule has 172 valence electrons. The van der Waals surface area contributed by atoms with E-state index in [1.165, 1.54) is 48.4 Å². The maximum atomic E-state index is 13.6. The Morgan fingerprint density at radius 3 is 2.42 bits per heavy atom. The zero-order valence-corrected chi connectivity index (χ0v) is 20.0. The highest BCUT2D eigenvalue weighted by Crippen LogP contribution is 2.27. The average Bonchev–Trinajstić information content (AvgIpc) is 3.30. The van der Waals surface area contributed by atoms with Crippen LogP contribution >= 0.6 is 11.3 Å². The Kier molecular flexibility index (Phi) is 6.53. The van der Waals surface area contributed by atoms with Gasteiger partial charge in [-0.05, 0) is 66.8 Å². The molecule has 1 aliphatic rings. The van der Waals surface area contributed by atoms with Gasteiger partial charge in [0.05, 0.1) is 23.3 Å². The summed E-state index contributed by atoms with van der Waals surface area (Å²) in [5, 5.41) is 2.01. The number of nitrogens with zero attached hydrogens (tertiary/aromatic N) is 2. The first kappa shape index (κ1) is 23.0. The Labute approximate surface area is 197 Å². The van der Waals surface area contributed by atoms with Crippen LogP contribution in [0.1, 0.15) is 26.4 Å². The van der Waals surface area contributed by atoms with Gasteiger partial charge in [-0.25, -0.2) is 13.2 Å². The van der Waals surface area contributed by atoms with Crippen molar-refractivity contribution in [2.24, 2.45) is 0 Å². The Balaban J connectivity index is 1.66. The minimum atomic E-state index is -4.02. The third-order valence-electron chi connectivity index (χ3n) is 5.62. The molecule has 0 bridgehead atoms. The molecule has 1 amide bonds. The molecule has 0 atom stereocenters. The molecule has 0 radical (unpaired) electrons. The molecule has 9 heteroatoms. The van der Waals surface area contributed by atoms with E-state index in [0.717, 1.165) is 21.9 Å². The Morgan fingerprint density at radius 1 is 1.06 bits per heavy atom. The molecule has 2 heterocycles. The van der Waals surface area contributed by atoms with Crippen LogP contribution in [0.4, 0.5) is 5.69 Å². The lowest BCUT2D eigenvalue weighted by atomic mass is 10.1. The number of hydrogen-bond acceptors (Lipinski definition) is 6. The summed E-state index contributed by atoms with van der Waals surface area (Å²) in [5.74, 6) is -0.801. The number of carbonyl (C=O) groups excluding carboxylic acids is 2. The molecule has 0 unspecified atom stereocenters. The van der Waals surface area contributed by atoms with Crippen LogP contribution in [-0.4, -0.2) is 45.4 Å². The van der Waals surface area contributed by atoms with Crippen molar-refractivity contribution in [3.8, 4) is 0 Å². The Bertz CT molecular complexity index is 1260. The number of esters is 1. The highest BCUT2D eigenvalue weighted by molar-refractivity contribution is 7.92. The van der Waals surface area contributed by atoms with E-state index in [1.54, 1.807) is 28.4 Å². The van der Waals surface area contributed by atoms with Gasteiger partial charge in [-0.3, -0.25) is 9.10 Å². The van der Waals surface area contributed by atoms with E-state index < -0.39 is 16.0 Å². The zero-order valence-electron chi connectivity index (χ0n) is 18.4. The summed E-state index contributed by atoms with van der Waals surface area (Å²) >= 11 is 1.68. The third kappa shape index (κ3) is 4.79. The largest absolute Gasteiger partial charge is 0.465 e. The van der Waals surface area contributed by atoms with E-state index in [0.29, 0.717) is 24.3 Å². The quantitative estimate of drug-likeness (QED) is 0.499. The monoisotopic (exact) mass is 484 g/mol. The Morgan fingerprint density at radius 2 is 1.76 bits per heavy atom. The molecule has 4 rings (SSSR count). The lowest BCUT2D eigenvalue weighted by molar-refractivity contribution is -0.130. The van der Waals surface area contributed by atoms with Crippen molar-refractivity contribution < 1.29 is 22.7 Å². The predicted octanol–water partition coefficient (Wildman–Crippen LogP) is 3.62. The van der Waals surface area contributed by atoms with Crippen LogP contribution in [0.3, 0.4) is 0 Å². The molecule has 1 aromatic heterocycles. The number of methoxy groups -OCH3 is 1. The normalized spacial score (nSPS) is 13.3. The molecule has 33 heavy (non-hydrogen) atoms. The molecule has 3 aromatic rings. The van der Waals surface area contributed by atoms with E-state index >= 15 is 0 Å². The number of carbonyl (C=O) groups is 2. The van der Waals surface area contributed by atoms with E-state index in [-0.39, 0.29) is 17.3 Å². The zero-order chi connectivity index (χ0) is 23.6. The number of sulfonamides is 1. The molecule has 7 nitrogen and oxygen atoms in total. The lowest BCUT2D eigenvalue weighted by Crippen LogP contribution is -2.44. The van der Waals surface area contributed by atoms with Crippen LogP contribution in [0.15, 0.2) is 64.9 Å². The van der Waals surface area contributed by atoms with Crippen LogP contribution in [0.5, 0.6) is 0 Å². The minimum Gasteiger partial charge on any atom is -0.465 e. The average molecular weight is 485 g/mol. The van der Waals surface area contributed by atoms with E-state index in [4.69, 9.17) is 4.74 Å². The number of hydrogen-bond donors (Lipinski definition) is 0. The summed E-state index contributed by atoms with van der Waals surface area (Å²) in [6, 6.07) is 14.5. The topological polar surface area (TPSA) is 84.0 Å². The van der Waals surface area contributed by atoms with E-state index in [9.17, 15) is 18.0 Å². The fraction of sp³-hybridized carbons (Fsp3) is 0.250. The summed E-state index contributed by atoms with van der Waals surface area (Å²) in [6.07, 6.45) is 0.761. The highest BCUT2D eigenvalue weighted by Gasteiger charge is 2.30. The molecule has 2 aromatic carbocycles. The van der Waals surface area contributed by atoms with Gasteiger partial charge in [-0.15, -0.1) is 11.3 Å². The van der Waals surface area contributed by atoms with Gasteiger partial charge in [0.15, 0.2) is 0 Å². The number of aryl methyl sites for hydroxylation is 1. The van der Waals surface area contributed by atoms with E-state index in [1.807, 2.05) is 18.4 Å². The molecular weight excluding hydrogens is 460 g/mol. The van der Waals surface area contributed by atoms with Gasteiger partial charge in [-0.1, -0.05) is 17.7 Å². The summed E-state index contributed by atoms with van der Waals surface area (Å²) in [6.45, 7) is 2.55. The van der Waals surface area contributed by atoms with Crippen molar-refractivity contribution in [1.29, 1.82) is 0 Å². The first-order chi connectivity index (χ1) is 15.8. The van der Waals surface area contributed by atoms with Gasteiger partial charge >= 0.3 is 5.97 Å². The Hall–Kier alpha value is -3.17. The maximum Gasteiger partial charge on any atom is 0.337 e. The second-order valence-corrected chi connectivity index (χ2v) is 10.7. The van der Waals surface area contributed by atoms with Crippen molar-refractivity contribution in [1.82, 2.24) is 4.90 Å². The van der Waals surface area contributed by atoms with Crippen molar-refractivity contribution in [2.75, 3.05) is 24.5 Å². The number of ether oxygens (including phenoxy) is 1. The molecule has 0 saturated heterocycles. The minimum absolute atomic E-state index is 0.0942. The van der Waals surface area contributed by atoms with E-state index in [2.05, 4.69) is 0 Å². The fourth-order valence-corrected chi connectivity index (χ4v) is 6.02. The molecule has 0 saturated carbocycles. The van der Waals surface area contributed by atoms with Crippen molar-refractivity contribution in [3.05, 3.63) is 81.5 Å². The number of benzene rings is 2. The first-order valence-corrected chi connectivity index (χ1v) is 12.7. The van der Waals surface area contributed by atoms with Crippen LogP contribution in [0, 0.1) is 6.92 Å². The van der Waals surface area contributed by atoms with Crippen molar-refractivity contribution in [2.45, 2.75) is 24.8 Å². The van der Waals surface area contributed by atoms with Gasteiger partial charge in [-0.2, -0.15) is 0 Å². The van der Waals surface area contributed by atoms with Crippen LogP contribution in [0.25, 0.3) is 0 Å². The predicted molar refractivity (Wildman–Crippen MR) is 127 cm³/mol. The highest BCUT2D eigenvalue weighted by atomic mass is 32.2. The molecule has 1 aliphatic heterocycles. The van der Waals surface area contributed by atoms with Gasteiger partial charge in [0.2, 0.25) is 5.91 Å². The maximum absolute atomic E-state index is 13.6. The second kappa shape index (κ2) is 9.36. The van der Waals surface area contributed by atoms with Crippen LogP contribution < -0.4 is 4.31 Å². The molecular formula is C24H24N2O5S2. The van der Waals surface area contributed by atoms with Gasteiger partial charge in [0.25, 0.3) is 10.0 Å². The number of rotatable bonds is 6.